The minimum absolute atomic E-state index is 0. The van der Waals surface area contributed by atoms with Gasteiger partial charge in [0.1, 0.15) is 0 Å². The number of hydrogen-bond acceptors (Lipinski definition) is 1. The highest BCUT2D eigenvalue weighted by atomic mass is 35.5. The Labute approximate surface area is 51.0 Å². The first-order valence-electron chi connectivity index (χ1n) is 2.19. The quantitative estimate of drug-likeness (QED) is 0.561. The molecule has 0 aromatic rings. The topological polar surface area (TPSA) is 26.0 Å². The van der Waals surface area contributed by atoms with E-state index in [2.05, 4.69) is 6.92 Å². The standard InChI is InChI=1S/C5H11N.ClH/c1-3-4-5(2)6;/h4H,3,6H2,1-2H3;1H/b5-4+;. The van der Waals surface area contributed by atoms with E-state index >= 15 is 0 Å². The van der Waals surface area contributed by atoms with E-state index in [1.165, 1.54) is 0 Å². The third kappa shape index (κ3) is 10.7. The van der Waals surface area contributed by atoms with Crippen molar-refractivity contribution >= 4 is 12.4 Å². The monoisotopic (exact) mass is 121 g/mol. The molecule has 2 heteroatoms. The molecule has 0 aliphatic heterocycles. The Bertz CT molecular complexity index is 55.1. The zero-order valence-corrected chi connectivity index (χ0v) is 5.59. The molecular formula is C5H12ClN. The summed E-state index contributed by atoms with van der Waals surface area (Å²) in [7, 11) is 0. The van der Waals surface area contributed by atoms with Crippen LogP contribution in [0.5, 0.6) is 0 Å². The van der Waals surface area contributed by atoms with Crippen LogP contribution in [0.4, 0.5) is 0 Å². The third-order valence-electron chi connectivity index (χ3n) is 0.526. The maximum absolute atomic E-state index is 5.26. The van der Waals surface area contributed by atoms with Crippen LogP contribution in [0.25, 0.3) is 0 Å². The second kappa shape index (κ2) is 5.83. The van der Waals surface area contributed by atoms with Crippen molar-refractivity contribution in [1.29, 1.82) is 0 Å². The Morgan fingerprint density at radius 3 is 2.14 bits per heavy atom. The van der Waals surface area contributed by atoms with Crippen LogP contribution in [0.15, 0.2) is 11.8 Å². The smallest absolute Gasteiger partial charge is 0.000822 e. The molecule has 0 spiro atoms. The minimum atomic E-state index is 0. The zero-order chi connectivity index (χ0) is 4.99. The summed E-state index contributed by atoms with van der Waals surface area (Å²) >= 11 is 0. The fraction of sp³-hybridized carbons (Fsp3) is 0.600. The van der Waals surface area contributed by atoms with E-state index in [9.17, 15) is 0 Å². The van der Waals surface area contributed by atoms with Gasteiger partial charge in [-0.1, -0.05) is 13.0 Å². The zero-order valence-electron chi connectivity index (χ0n) is 4.77. The molecule has 0 heterocycles. The van der Waals surface area contributed by atoms with E-state index in [-0.39, 0.29) is 12.4 Å². The molecule has 0 amide bonds. The molecule has 0 rings (SSSR count). The van der Waals surface area contributed by atoms with Gasteiger partial charge in [-0.2, -0.15) is 0 Å². The lowest BCUT2D eigenvalue weighted by molar-refractivity contribution is 1.16. The summed E-state index contributed by atoms with van der Waals surface area (Å²) in [6, 6.07) is 0. The molecule has 0 atom stereocenters. The van der Waals surface area contributed by atoms with Gasteiger partial charge in [0.2, 0.25) is 0 Å². The molecule has 0 saturated heterocycles. The first-order valence-corrected chi connectivity index (χ1v) is 2.19. The highest BCUT2D eigenvalue weighted by Gasteiger charge is 1.67. The maximum atomic E-state index is 5.26. The molecule has 0 bridgehead atoms. The van der Waals surface area contributed by atoms with Crippen molar-refractivity contribution in [1.82, 2.24) is 0 Å². The van der Waals surface area contributed by atoms with Crippen LogP contribution in [0.2, 0.25) is 0 Å². The molecular weight excluding hydrogens is 110 g/mol. The summed E-state index contributed by atoms with van der Waals surface area (Å²) in [5, 5.41) is 0. The lowest BCUT2D eigenvalue weighted by atomic mass is 10.4. The van der Waals surface area contributed by atoms with Crippen molar-refractivity contribution in [3.63, 3.8) is 0 Å². The fourth-order valence-electron chi connectivity index (χ4n) is 0.322. The molecule has 1 nitrogen and oxygen atoms in total. The Balaban J connectivity index is 0. The highest BCUT2D eigenvalue weighted by molar-refractivity contribution is 5.85. The van der Waals surface area contributed by atoms with E-state index in [0.29, 0.717) is 0 Å². The number of rotatable bonds is 1. The summed E-state index contributed by atoms with van der Waals surface area (Å²) in [5.41, 5.74) is 6.18. The van der Waals surface area contributed by atoms with Gasteiger partial charge in [0.05, 0.1) is 0 Å². The first-order chi connectivity index (χ1) is 2.77. The molecule has 0 unspecified atom stereocenters. The van der Waals surface area contributed by atoms with Crippen molar-refractivity contribution in [2.75, 3.05) is 0 Å². The summed E-state index contributed by atoms with van der Waals surface area (Å²) in [5.74, 6) is 0. The largest absolute Gasteiger partial charge is 0.403 e. The molecule has 0 aliphatic rings. The van der Waals surface area contributed by atoms with Crippen molar-refractivity contribution in [3.05, 3.63) is 11.8 Å². The third-order valence-corrected chi connectivity index (χ3v) is 0.526. The fourth-order valence-corrected chi connectivity index (χ4v) is 0.322. The average Bonchev–Trinajstić information content (AvgIpc) is 1.35. The summed E-state index contributed by atoms with van der Waals surface area (Å²) < 4.78 is 0. The molecule has 0 aromatic heterocycles. The van der Waals surface area contributed by atoms with Gasteiger partial charge in [0.25, 0.3) is 0 Å². The number of halogens is 1. The van der Waals surface area contributed by atoms with Gasteiger partial charge in [-0.15, -0.1) is 12.4 Å². The molecule has 0 fully saturated rings. The molecule has 0 aromatic carbocycles. The molecule has 0 aliphatic carbocycles. The first kappa shape index (κ1) is 9.95. The normalized spacial score (nSPS) is 10.3. The van der Waals surface area contributed by atoms with Crippen LogP contribution in [0.1, 0.15) is 20.3 Å². The summed E-state index contributed by atoms with van der Waals surface area (Å²) in [6.07, 6.45) is 3.03. The van der Waals surface area contributed by atoms with Gasteiger partial charge in [-0.05, 0) is 13.3 Å². The predicted octanol–water partition coefficient (Wildman–Crippen LogP) is 1.68. The maximum Gasteiger partial charge on any atom is 0.000822 e. The lowest BCUT2D eigenvalue weighted by Gasteiger charge is -1.81. The van der Waals surface area contributed by atoms with Crippen molar-refractivity contribution in [2.24, 2.45) is 5.73 Å². The van der Waals surface area contributed by atoms with Crippen LogP contribution < -0.4 is 5.73 Å². The van der Waals surface area contributed by atoms with Crippen LogP contribution in [-0.4, -0.2) is 0 Å². The summed E-state index contributed by atoms with van der Waals surface area (Å²) in [6.45, 7) is 3.96. The van der Waals surface area contributed by atoms with Crippen molar-refractivity contribution < 1.29 is 0 Å². The second-order valence-corrected chi connectivity index (χ2v) is 1.36. The highest BCUT2D eigenvalue weighted by Crippen LogP contribution is 1.81. The Morgan fingerprint density at radius 1 is 1.71 bits per heavy atom. The van der Waals surface area contributed by atoms with Gasteiger partial charge in [0.15, 0.2) is 0 Å². The van der Waals surface area contributed by atoms with Crippen LogP contribution in [-0.2, 0) is 0 Å². The second-order valence-electron chi connectivity index (χ2n) is 1.36. The van der Waals surface area contributed by atoms with Gasteiger partial charge in [-0.25, -0.2) is 0 Å². The van der Waals surface area contributed by atoms with Gasteiger partial charge in [0, 0.05) is 5.70 Å². The number of allylic oxidation sites excluding steroid dienone is 2. The van der Waals surface area contributed by atoms with Crippen LogP contribution in [0.3, 0.4) is 0 Å². The summed E-state index contributed by atoms with van der Waals surface area (Å²) in [4.78, 5) is 0. The van der Waals surface area contributed by atoms with Crippen molar-refractivity contribution in [2.45, 2.75) is 20.3 Å². The Kier molecular flexibility index (Phi) is 8.29. The van der Waals surface area contributed by atoms with E-state index in [0.717, 1.165) is 12.1 Å². The van der Waals surface area contributed by atoms with E-state index in [1.807, 2.05) is 13.0 Å². The van der Waals surface area contributed by atoms with Crippen LogP contribution in [0, 0.1) is 0 Å². The number of hydrogen-bond donors (Lipinski definition) is 1. The molecule has 2 N–H and O–H groups in total. The lowest BCUT2D eigenvalue weighted by Crippen LogP contribution is -1.87. The van der Waals surface area contributed by atoms with E-state index in [1.54, 1.807) is 0 Å². The molecule has 0 saturated carbocycles. The predicted molar refractivity (Wildman–Crippen MR) is 35.5 cm³/mol. The minimum Gasteiger partial charge on any atom is -0.403 e. The number of nitrogens with two attached hydrogens (primary N) is 1. The van der Waals surface area contributed by atoms with Crippen LogP contribution >= 0.6 is 12.4 Å². The molecule has 44 valence electrons. The van der Waals surface area contributed by atoms with Gasteiger partial charge >= 0.3 is 0 Å². The molecule has 0 radical (unpaired) electrons. The Hall–Kier alpha value is -0.170. The van der Waals surface area contributed by atoms with Gasteiger partial charge in [-0.3, -0.25) is 0 Å². The van der Waals surface area contributed by atoms with E-state index < -0.39 is 0 Å². The molecule has 7 heavy (non-hydrogen) atoms. The average molecular weight is 122 g/mol. The Morgan fingerprint density at radius 2 is 2.14 bits per heavy atom. The van der Waals surface area contributed by atoms with Gasteiger partial charge < -0.3 is 5.73 Å². The van der Waals surface area contributed by atoms with E-state index in [4.69, 9.17) is 5.73 Å². The van der Waals surface area contributed by atoms with Crippen molar-refractivity contribution in [3.8, 4) is 0 Å². The SMILES string of the molecule is CC/C=C(\C)N.Cl.